The number of ketones is 1. The molecule has 2 fully saturated rings. The molecule has 1 saturated carbocycles. The third-order valence-corrected chi connectivity index (χ3v) is 6.79. The molecule has 5 rings (SSSR count). The summed E-state index contributed by atoms with van der Waals surface area (Å²) in [5.74, 6) is -3.79. The molecule has 2 aromatic carbocycles. The molecule has 166 valence electrons. The summed E-state index contributed by atoms with van der Waals surface area (Å²) in [4.78, 5) is 38.9. The number of imide groups is 1. The van der Waals surface area contributed by atoms with Gasteiger partial charge in [-0.2, -0.15) is 0 Å². The predicted octanol–water partition coefficient (Wildman–Crippen LogP) is 3.64. The highest BCUT2D eigenvalue weighted by atomic mass is 19.3. The van der Waals surface area contributed by atoms with Crippen molar-refractivity contribution in [1.29, 1.82) is 0 Å². The summed E-state index contributed by atoms with van der Waals surface area (Å²) in [5, 5.41) is 5.90. The van der Waals surface area contributed by atoms with Gasteiger partial charge in [0, 0.05) is 31.5 Å². The highest BCUT2D eigenvalue weighted by molar-refractivity contribution is 6.11. The van der Waals surface area contributed by atoms with Gasteiger partial charge in [0.15, 0.2) is 5.78 Å². The summed E-state index contributed by atoms with van der Waals surface area (Å²) in [6.07, 6.45) is -1.16. The number of hydrogen-bond acceptors (Lipinski definition) is 4. The van der Waals surface area contributed by atoms with Crippen LogP contribution < -0.4 is 10.6 Å². The highest BCUT2D eigenvalue weighted by Crippen LogP contribution is 2.41. The van der Waals surface area contributed by atoms with Gasteiger partial charge in [0.05, 0.1) is 6.54 Å². The number of rotatable bonds is 4. The minimum absolute atomic E-state index is 0.125. The van der Waals surface area contributed by atoms with Crippen LogP contribution in [-0.4, -0.2) is 40.6 Å². The van der Waals surface area contributed by atoms with E-state index in [-0.39, 0.29) is 18.6 Å². The number of nitrogens with zero attached hydrogens (tertiary/aromatic N) is 1. The molecule has 0 unspecified atom stereocenters. The van der Waals surface area contributed by atoms with Crippen LogP contribution in [-0.2, 0) is 17.9 Å². The van der Waals surface area contributed by atoms with Crippen molar-refractivity contribution in [3.05, 3.63) is 59.2 Å². The average molecular weight is 439 g/mol. The van der Waals surface area contributed by atoms with Gasteiger partial charge in [-0.15, -0.1) is 0 Å². The van der Waals surface area contributed by atoms with E-state index in [0.717, 1.165) is 29.1 Å². The van der Waals surface area contributed by atoms with Gasteiger partial charge in [-0.05, 0) is 35.1 Å². The van der Waals surface area contributed by atoms with E-state index in [1.54, 1.807) is 12.1 Å². The number of benzene rings is 2. The van der Waals surface area contributed by atoms with Gasteiger partial charge in [0.1, 0.15) is 5.54 Å². The quantitative estimate of drug-likeness (QED) is 0.563. The second-order valence-corrected chi connectivity index (χ2v) is 8.81. The number of halogens is 2. The number of urea groups is 1. The lowest BCUT2D eigenvalue weighted by Gasteiger charge is -2.34. The second kappa shape index (κ2) is 7.48. The zero-order valence-electron chi connectivity index (χ0n) is 17.4. The number of amides is 3. The molecule has 8 heteroatoms. The third-order valence-electron chi connectivity index (χ3n) is 6.79. The van der Waals surface area contributed by atoms with Crippen LogP contribution >= 0.6 is 0 Å². The highest BCUT2D eigenvalue weighted by Gasteiger charge is 2.55. The first-order chi connectivity index (χ1) is 15.3. The molecule has 2 aliphatic heterocycles. The Bertz CT molecular complexity index is 1100. The fourth-order valence-corrected chi connectivity index (χ4v) is 4.87. The van der Waals surface area contributed by atoms with Crippen molar-refractivity contribution >= 4 is 17.7 Å². The molecule has 1 aliphatic carbocycles. The molecule has 6 nitrogen and oxygen atoms in total. The largest absolute Gasteiger partial charge is 0.325 e. The Labute approximate surface area is 184 Å². The maximum absolute atomic E-state index is 13.5. The van der Waals surface area contributed by atoms with E-state index in [4.69, 9.17) is 0 Å². The summed E-state index contributed by atoms with van der Waals surface area (Å²) < 4.78 is 27.1. The lowest BCUT2D eigenvalue weighted by molar-refractivity contribution is -0.135. The van der Waals surface area contributed by atoms with E-state index in [2.05, 4.69) is 16.7 Å². The number of Topliss-reactive ketones (excluding diaryl/α,β-unsaturated/α-hetero) is 1. The Hall–Kier alpha value is -3.13. The topological polar surface area (TPSA) is 78.5 Å². The number of hydrogen-bond donors (Lipinski definition) is 2. The zero-order chi connectivity index (χ0) is 22.5. The Morgan fingerprint density at radius 3 is 2.41 bits per heavy atom. The van der Waals surface area contributed by atoms with Crippen LogP contribution in [0.25, 0.3) is 11.1 Å². The van der Waals surface area contributed by atoms with Gasteiger partial charge in [-0.1, -0.05) is 42.5 Å². The number of alkyl halides is 2. The molecule has 2 N–H and O–H groups in total. The van der Waals surface area contributed by atoms with Crippen molar-refractivity contribution in [3.8, 4) is 11.1 Å². The summed E-state index contributed by atoms with van der Waals surface area (Å²) in [7, 11) is 0. The third kappa shape index (κ3) is 3.48. The van der Waals surface area contributed by atoms with Crippen LogP contribution in [0.3, 0.4) is 0 Å². The fourth-order valence-electron chi connectivity index (χ4n) is 4.87. The van der Waals surface area contributed by atoms with E-state index >= 15 is 0 Å². The van der Waals surface area contributed by atoms with Crippen LogP contribution in [0.1, 0.15) is 47.2 Å². The van der Waals surface area contributed by atoms with E-state index in [1.807, 2.05) is 24.3 Å². The normalized spacial score (nSPS) is 21.0. The van der Waals surface area contributed by atoms with Gasteiger partial charge in [-0.3, -0.25) is 14.5 Å². The summed E-state index contributed by atoms with van der Waals surface area (Å²) in [6, 6.07) is 12.5. The molecule has 2 aromatic rings. The maximum atomic E-state index is 13.5. The van der Waals surface area contributed by atoms with Crippen molar-refractivity contribution in [1.82, 2.24) is 15.5 Å². The molecule has 32 heavy (non-hydrogen) atoms. The predicted molar refractivity (Wildman–Crippen MR) is 113 cm³/mol. The Morgan fingerprint density at radius 1 is 0.969 bits per heavy atom. The molecule has 3 amide bonds. The first-order valence-corrected chi connectivity index (χ1v) is 10.8. The molecule has 0 aromatic heterocycles. The lowest BCUT2D eigenvalue weighted by atomic mass is 9.80. The van der Waals surface area contributed by atoms with Gasteiger partial charge < -0.3 is 10.6 Å². The minimum Gasteiger partial charge on any atom is -0.323 e. The number of carbonyl (C=O) groups excluding carboxylic acids is 3. The van der Waals surface area contributed by atoms with Gasteiger partial charge in [0.2, 0.25) is 5.92 Å². The molecule has 0 bridgehead atoms. The van der Waals surface area contributed by atoms with Gasteiger partial charge >= 0.3 is 6.03 Å². The summed E-state index contributed by atoms with van der Waals surface area (Å²) >= 11 is 0. The van der Waals surface area contributed by atoms with Crippen LogP contribution in [0.4, 0.5) is 13.6 Å². The van der Waals surface area contributed by atoms with Crippen LogP contribution in [0.15, 0.2) is 42.5 Å². The molecule has 1 spiro atoms. The fraction of sp³-hybridized carbons (Fsp3) is 0.375. The lowest BCUT2D eigenvalue weighted by Crippen LogP contribution is -2.51. The monoisotopic (exact) mass is 439 g/mol. The first-order valence-electron chi connectivity index (χ1n) is 10.8. The smallest absolute Gasteiger partial charge is 0.323 e. The zero-order valence-corrected chi connectivity index (χ0v) is 17.4. The molecule has 1 saturated heterocycles. The Kier molecular flexibility index (Phi) is 4.85. The molecule has 2 heterocycles. The van der Waals surface area contributed by atoms with Crippen LogP contribution in [0.2, 0.25) is 0 Å². The maximum Gasteiger partial charge on any atom is 0.325 e. The average Bonchev–Trinajstić information content (AvgIpc) is 3.35. The summed E-state index contributed by atoms with van der Waals surface area (Å²) in [6.45, 7) is 1.23. The number of carbonyl (C=O) groups is 3. The van der Waals surface area contributed by atoms with Gasteiger partial charge in [-0.25, -0.2) is 13.6 Å². The van der Waals surface area contributed by atoms with Crippen LogP contribution in [0.5, 0.6) is 0 Å². The van der Waals surface area contributed by atoms with E-state index in [9.17, 15) is 23.2 Å². The summed E-state index contributed by atoms with van der Waals surface area (Å²) in [5.41, 5.74) is 3.67. The second-order valence-electron chi connectivity index (χ2n) is 8.81. The molecule has 3 aliphatic rings. The first kappa shape index (κ1) is 20.8. The van der Waals surface area contributed by atoms with E-state index < -0.39 is 42.8 Å². The molecule has 0 radical (unpaired) electrons. The van der Waals surface area contributed by atoms with Crippen molar-refractivity contribution in [2.45, 2.75) is 50.2 Å². The van der Waals surface area contributed by atoms with E-state index in [0.29, 0.717) is 5.56 Å². The van der Waals surface area contributed by atoms with Crippen molar-refractivity contribution in [3.63, 3.8) is 0 Å². The molecule has 0 atom stereocenters. The van der Waals surface area contributed by atoms with Crippen LogP contribution in [0, 0.1) is 0 Å². The van der Waals surface area contributed by atoms with E-state index in [1.165, 1.54) is 11.1 Å². The van der Waals surface area contributed by atoms with Crippen molar-refractivity contribution in [2.75, 3.05) is 6.54 Å². The van der Waals surface area contributed by atoms with Gasteiger partial charge in [0.25, 0.3) is 5.91 Å². The Morgan fingerprint density at radius 2 is 1.69 bits per heavy atom. The van der Waals surface area contributed by atoms with Crippen molar-refractivity contribution < 1.29 is 23.2 Å². The molecular weight excluding hydrogens is 416 g/mol. The SMILES string of the molecule is O=C(CN1C(=O)NC2(CCC(F)(F)CC2)C1=O)c1ccc(-c2cccc3c2CNC3)cc1. The number of fused-ring (bicyclic) bond motifs is 1. The Balaban J connectivity index is 1.30. The minimum atomic E-state index is -2.82. The standard InChI is InChI=1S/C24H23F2N3O3/c25-24(26)10-8-23(9-11-24)21(31)29(22(32)28-23)14-20(30)16-6-4-15(5-7-16)18-3-1-2-17-12-27-13-19(17)18/h1-7,27H,8-14H2,(H,28,32). The van der Waals surface area contributed by atoms with Crippen molar-refractivity contribution in [2.24, 2.45) is 0 Å². The molecular formula is C24H23F2N3O3. The number of nitrogens with one attached hydrogen (secondary N) is 2.